The molecule has 3 rings (SSSR count). The van der Waals surface area contributed by atoms with Gasteiger partial charge in [-0.15, -0.1) is 11.3 Å². The summed E-state index contributed by atoms with van der Waals surface area (Å²) in [5.41, 5.74) is 4.84. The van der Waals surface area contributed by atoms with Gasteiger partial charge in [-0.2, -0.15) is 0 Å². The summed E-state index contributed by atoms with van der Waals surface area (Å²) < 4.78 is 6.83. The molecule has 2 aromatic rings. The average molecular weight is 248 g/mol. The van der Waals surface area contributed by atoms with Gasteiger partial charge in [0.05, 0.1) is 34.8 Å². The van der Waals surface area contributed by atoms with E-state index in [4.69, 9.17) is 9.72 Å². The van der Waals surface area contributed by atoms with Crippen LogP contribution in [0, 0.1) is 0 Å². The minimum absolute atomic E-state index is 0.697. The fourth-order valence-corrected chi connectivity index (χ4v) is 3.09. The Morgan fingerprint density at radius 3 is 3.35 bits per heavy atom. The van der Waals surface area contributed by atoms with E-state index < -0.39 is 0 Å². The predicted molar refractivity (Wildman–Crippen MR) is 71.8 cm³/mol. The summed E-state index contributed by atoms with van der Waals surface area (Å²) >= 11 is 1.76. The number of thiophene rings is 1. The Labute approximate surface area is 105 Å². The molecule has 3 heterocycles. The molecule has 2 aromatic heterocycles. The minimum Gasteiger partial charge on any atom is -0.384 e. The lowest BCUT2D eigenvalue weighted by Crippen LogP contribution is -2.15. The smallest absolute Gasteiger partial charge is 0.0834 e. The van der Waals surface area contributed by atoms with Crippen molar-refractivity contribution < 1.29 is 4.74 Å². The number of nitrogens with zero attached hydrogens (tertiary/aromatic N) is 1. The number of hydrogen-bond acceptors (Lipinski definition) is 4. The zero-order valence-electron chi connectivity index (χ0n) is 9.95. The number of nitrogens with one attached hydrogen (secondary N) is 1. The molecule has 0 amide bonds. The first-order valence-corrected chi connectivity index (χ1v) is 6.98. The molecule has 1 N–H and O–H groups in total. The van der Waals surface area contributed by atoms with Gasteiger partial charge in [0.25, 0.3) is 0 Å². The van der Waals surface area contributed by atoms with Crippen molar-refractivity contribution in [3.8, 4) is 0 Å². The molecule has 90 valence electrons. The van der Waals surface area contributed by atoms with E-state index in [9.17, 15) is 0 Å². The number of fused-ring (bicyclic) bond motifs is 2. The van der Waals surface area contributed by atoms with Crippen LogP contribution in [0.25, 0.3) is 10.2 Å². The molecular weight excluding hydrogens is 232 g/mol. The first-order valence-electron chi connectivity index (χ1n) is 6.10. The van der Waals surface area contributed by atoms with Gasteiger partial charge in [0.15, 0.2) is 0 Å². The van der Waals surface area contributed by atoms with E-state index in [1.807, 2.05) is 0 Å². The molecule has 0 atom stereocenters. The topological polar surface area (TPSA) is 34.2 Å². The third-order valence-corrected chi connectivity index (χ3v) is 3.98. The highest BCUT2D eigenvalue weighted by molar-refractivity contribution is 7.17. The van der Waals surface area contributed by atoms with Crippen molar-refractivity contribution >= 4 is 27.2 Å². The van der Waals surface area contributed by atoms with Gasteiger partial charge in [0.2, 0.25) is 0 Å². The van der Waals surface area contributed by atoms with E-state index in [1.165, 1.54) is 21.6 Å². The summed E-state index contributed by atoms with van der Waals surface area (Å²) in [5.74, 6) is 0. The monoisotopic (exact) mass is 248 g/mol. The standard InChI is InChI=1S/C13H16N2OS/c1-2-5-14-12-9-8-16-6-3-10(9)15-11-4-7-17-13(11)12/h4,7H,2-3,5-6,8H2,1H3,(H,14,15). The Morgan fingerprint density at radius 2 is 2.47 bits per heavy atom. The molecule has 0 saturated carbocycles. The van der Waals surface area contributed by atoms with Crippen LogP contribution in [0.15, 0.2) is 11.4 Å². The molecule has 17 heavy (non-hydrogen) atoms. The van der Waals surface area contributed by atoms with E-state index >= 15 is 0 Å². The van der Waals surface area contributed by atoms with Gasteiger partial charge >= 0.3 is 0 Å². The second-order valence-corrected chi connectivity index (χ2v) is 5.19. The predicted octanol–water partition coefficient (Wildman–Crippen LogP) is 3.19. The molecule has 0 saturated heterocycles. The summed E-state index contributed by atoms with van der Waals surface area (Å²) in [4.78, 5) is 4.73. The van der Waals surface area contributed by atoms with Gasteiger partial charge in [0.1, 0.15) is 0 Å². The maximum Gasteiger partial charge on any atom is 0.0834 e. The highest BCUT2D eigenvalue weighted by Gasteiger charge is 2.18. The highest BCUT2D eigenvalue weighted by Crippen LogP contribution is 2.34. The number of ether oxygens (including phenoxy) is 1. The number of anilines is 1. The molecule has 1 aliphatic rings. The molecular formula is C13H16N2OS. The zero-order chi connectivity index (χ0) is 11.7. The van der Waals surface area contributed by atoms with Crippen LogP contribution in [0.5, 0.6) is 0 Å². The largest absolute Gasteiger partial charge is 0.384 e. The fraction of sp³-hybridized carbons (Fsp3) is 0.462. The average Bonchev–Trinajstić information content (AvgIpc) is 2.82. The lowest BCUT2D eigenvalue weighted by atomic mass is 10.1. The highest BCUT2D eigenvalue weighted by atomic mass is 32.1. The van der Waals surface area contributed by atoms with Crippen molar-refractivity contribution in [2.45, 2.75) is 26.4 Å². The number of aromatic nitrogens is 1. The SMILES string of the molecule is CCCNc1c2c(nc3ccsc13)CCOC2. The van der Waals surface area contributed by atoms with Gasteiger partial charge < -0.3 is 10.1 Å². The number of pyridine rings is 1. The number of hydrogen-bond donors (Lipinski definition) is 1. The third-order valence-electron chi connectivity index (χ3n) is 3.06. The van der Waals surface area contributed by atoms with Crippen molar-refractivity contribution in [2.75, 3.05) is 18.5 Å². The maximum absolute atomic E-state index is 5.57. The summed E-state index contributed by atoms with van der Waals surface area (Å²) in [5, 5.41) is 5.65. The van der Waals surface area contributed by atoms with E-state index in [0.29, 0.717) is 6.61 Å². The van der Waals surface area contributed by atoms with Crippen LogP contribution in [0.2, 0.25) is 0 Å². The normalized spacial score (nSPS) is 14.9. The maximum atomic E-state index is 5.57. The second kappa shape index (κ2) is 4.63. The Morgan fingerprint density at radius 1 is 1.53 bits per heavy atom. The minimum atomic E-state index is 0.697. The molecule has 0 aliphatic carbocycles. The summed E-state index contributed by atoms with van der Waals surface area (Å²) in [6, 6.07) is 2.10. The van der Waals surface area contributed by atoms with Crippen molar-refractivity contribution in [3.63, 3.8) is 0 Å². The Balaban J connectivity index is 2.15. The van der Waals surface area contributed by atoms with E-state index in [2.05, 4.69) is 23.7 Å². The molecule has 0 fully saturated rings. The molecule has 0 unspecified atom stereocenters. The first kappa shape index (κ1) is 11.0. The Bertz CT molecular complexity index is 535. The van der Waals surface area contributed by atoms with Gasteiger partial charge in [-0.05, 0) is 17.9 Å². The van der Waals surface area contributed by atoms with Crippen molar-refractivity contribution in [1.29, 1.82) is 0 Å². The van der Waals surface area contributed by atoms with Crippen molar-refractivity contribution in [1.82, 2.24) is 4.98 Å². The molecule has 4 heteroatoms. The summed E-state index contributed by atoms with van der Waals surface area (Å²) in [7, 11) is 0. The molecule has 0 radical (unpaired) electrons. The first-order chi connectivity index (χ1) is 8.40. The van der Waals surface area contributed by atoms with E-state index in [1.54, 1.807) is 11.3 Å². The van der Waals surface area contributed by atoms with E-state index in [0.717, 1.165) is 31.5 Å². The van der Waals surface area contributed by atoms with Gasteiger partial charge in [-0.25, -0.2) is 0 Å². The van der Waals surface area contributed by atoms with Crippen LogP contribution in [0.4, 0.5) is 5.69 Å². The zero-order valence-corrected chi connectivity index (χ0v) is 10.8. The molecule has 1 aliphatic heterocycles. The van der Waals surface area contributed by atoms with Gasteiger partial charge in [-0.3, -0.25) is 4.98 Å². The molecule has 3 nitrogen and oxygen atoms in total. The van der Waals surface area contributed by atoms with E-state index in [-0.39, 0.29) is 0 Å². The van der Waals surface area contributed by atoms with Crippen LogP contribution in [0.3, 0.4) is 0 Å². The van der Waals surface area contributed by atoms with Crippen LogP contribution in [0.1, 0.15) is 24.6 Å². The summed E-state index contributed by atoms with van der Waals surface area (Å²) in [6.45, 7) is 4.68. The van der Waals surface area contributed by atoms with Crippen molar-refractivity contribution in [3.05, 3.63) is 22.7 Å². The second-order valence-electron chi connectivity index (χ2n) is 4.28. The van der Waals surface area contributed by atoms with Gasteiger partial charge in [0, 0.05) is 18.5 Å². The van der Waals surface area contributed by atoms with Crippen LogP contribution >= 0.6 is 11.3 Å². The molecule has 0 aromatic carbocycles. The lowest BCUT2D eigenvalue weighted by molar-refractivity contribution is 0.110. The van der Waals surface area contributed by atoms with Gasteiger partial charge in [-0.1, -0.05) is 6.92 Å². The van der Waals surface area contributed by atoms with Crippen LogP contribution in [-0.4, -0.2) is 18.1 Å². The Hall–Kier alpha value is -1.13. The van der Waals surface area contributed by atoms with Crippen molar-refractivity contribution in [2.24, 2.45) is 0 Å². The molecule has 0 spiro atoms. The molecule has 0 bridgehead atoms. The van der Waals surface area contributed by atoms with Crippen LogP contribution < -0.4 is 5.32 Å². The van der Waals surface area contributed by atoms with Crippen LogP contribution in [-0.2, 0) is 17.8 Å². The third kappa shape index (κ3) is 1.91. The quantitative estimate of drug-likeness (QED) is 0.905. The number of rotatable bonds is 3. The fourth-order valence-electron chi connectivity index (χ4n) is 2.21. The Kier molecular flexibility index (Phi) is 2.99. The summed E-state index contributed by atoms with van der Waals surface area (Å²) in [6.07, 6.45) is 2.06. The lowest BCUT2D eigenvalue weighted by Gasteiger charge is -2.20.